The Balaban J connectivity index is 0.00000158. The molecule has 0 aliphatic heterocycles. The highest BCUT2D eigenvalue weighted by Gasteiger charge is 2.21. The Bertz CT molecular complexity index is 1120. The molecule has 4 rings (SSSR count). The van der Waals surface area contributed by atoms with Gasteiger partial charge in [0.05, 0.1) is 0 Å². The second-order valence-corrected chi connectivity index (χ2v) is 8.62. The Labute approximate surface area is 206 Å². The number of phenolic OH excluding ortho intramolecular Hbond substituents is 1. The summed E-state index contributed by atoms with van der Waals surface area (Å²) in [7, 11) is 0.129. The van der Waals surface area contributed by atoms with Gasteiger partial charge < -0.3 is 9.63 Å². The SMILES string of the molecule is CC.CCC(c1ccccc1)N(Cc1ccccc1)POc1ccccc1-c1ccccc1O. The molecule has 2 atom stereocenters. The van der Waals surface area contributed by atoms with E-state index in [-0.39, 0.29) is 20.7 Å². The van der Waals surface area contributed by atoms with Crippen LogP contribution in [0, 0.1) is 0 Å². The molecule has 0 aromatic heterocycles. The summed E-state index contributed by atoms with van der Waals surface area (Å²) >= 11 is 0. The topological polar surface area (TPSA) is 32.7 Å². The van der Waals surface area contributed by atoms with Gasteiger partial charge in [-0.1, -0.05) is 118 Å². The van der Waals surface area contributed by atoms with Crippen molar-refractivity contribution >= 4 is 8.96 Å². The van der Waals surface area contributed by atoms with Gasteiger partial charge in [-0.05, 0) is 29.7 Å². The van der Waals surface area contributed by atoms with Crippen LogP contribution in [0.25, 0.3) is 11.1 Å². The molecule has 0 heterocycles. The van der Waals surface area contributed by atoms with Gasteiger partial charge in [-0.2, -0.15) is 0 Å². The Morgan fingerprint density at radius 2 is 1.29 bits per heavy atom. The third-order valence-electron chi connectivity index (χ3n) is 5.50. The summed E-state index contributed by atoms with van der Waals surface area (Å²) in [6, 6.07) is 36.7. The lowest BCUT2D eigenvalue weighted by Crippen LogP contribution is -2.21. The first-order chi connectivity index (χ1) is 16.8. The molecule has 2 unspecified atom stereocenters. The van der Waals surface area contributed by atoms with Crippen molar-refractivity contribution in [2.75, 3.05) is 0 Å². The molecule has 0 amide bonds. The van der Waals surface area contributed by atoms with E-state index in [1.807, 2.05) is 62.4 Å². The normalized spacial score (nSPS) is 11.8. The number of rotatable bonds is 9. The maximum Gasteiger partial charge on any atom is 0.150 e. The first-order valence-corrected chi connectivity index (χ1v) is 12.8. The molecule has 0 aliphatic rings. The average Bonchev–Trinajstić information content (AvgIpc) is 2.90. The number of phenols is 1. The lowest BCUT2D eigenvalue weighted by atomic mass is 10.0. The minimum Gasteiger partial charge on any atom is -0.507 e. The molecular formula is C30H34NO2P. The molecule has 4 aromatic rings. The molecular weight excluding hydrogens is 437 g/mol. The fourth-order valence-electron chi connectivity index (χ4n) is 3.88. The molecule has 176 valence electrons. The molecule has 0 fully saturated rings. The van der Waals surface area contributed by atoms with Gasteiger partial charge in [-0.25, -0.2) is 4.67 Å². The van der Waals surface area contributed by atoms with E-state index < -0.39 is 0 Å². The van der Waals surface area contributed by atoms with Gasteiger partial charge in [-0.15, -0.1) is 0 Å². The second-order valence-electron chi connectivity index (χ2n) is 7.65. The van der Waals surface area contributed by atoms with Crippen molar-refractivity contribution in [1.82, 2.24) is 4.67 Å². The smallest absolute Gasteiger partial charge is 0.150 e. The van der Waals surface area contributed by atoms with E-state index in [9.17, 15) is 5.11 Å². The summed E-state index contributed by atoms with van der Waals surface area (Å²) in [5, 5.41) is 10.4. The van der Waals surface area contributed by atoms with Crippen LogP contribution < -0.4 is 4.52 Å². The van der Waals surface area contributed by atoms with Gasteiger partial charge in [0.15, 0.2) is 0 Å². The van der Waals surface area contributed by atoms with E-state index in [1.165, 1.54) is 11.1 Å². The lowest BCUT2D eigenvalue weighted by molar-refractivity contribution is 0.317. The monoisotopic (exact) mass is 471 g/mol. The zero-order valence-corrected chi connectivity index (χ0v) is 21.2. The summed E-state index contributed by atoms with van der Waals surface area (Å²) in [5.74, 6) is 1.03. The zero-order chi connectivity index (χ0) is 24.2. The molecule has 4 aromatic carbocycles. The Morgan fingerprint density at radius 3 is 1.94 bits per heavy atom. The molecule has 0 saturated heterocycles. The van der Waals surface area contributed by atoms with E-state index >= 15 is 0 Å². The summed E-state index contributed by atoms with van der Waals surface area (Å²) < 4.78 is 8.82. The van der Waals surface area contributed by atoms with Crippen LogP contribution in [-0.4, -0.2) is 9.78 Å². The first kappa shape index (κ1) is 25.5. The highest BCUT2D eigenvalue weighted by Crippen LogP contribution is 2.41. The minimum atomic E-state index is 0.129. The van der Waals surface area contributed by atoms with Crippen LogP contribution in [0.2, 0.25) is 0 Å². The average molecular weight is 472 g/mol. The molecule has 0 saturated carbocycles. The van der Waals surface area contributed by atoms with Crippen LogP contribution >= 0.6 is 8.96 Å². The highest BCUT2D eigenvalue weighted by molar-refractivity contribution is 7.29. The van der Waals surface area contributed by atoms with Crippen LogP contribution in [0.3, 0.4) is 0 Å². The van der Waals surface area contributed by atoms with Gasteiger partial charge in [0.25, 0.3) is 0 Å². The van der Waals surface area contributed by atoms with Gasteiger partial charge in [-0.3, -0.25) is 0 Å². The predicted octanol–water partition coefficient (Wildman–Crippen LogP) is 8.63. The molecule has 4 heteroatoms. The van der Waals surface area contributed by atoms with Crippen molar-refractivity contribution < 1.29 is 9.63 Å². The van der Waals surface area contributed by atoms with Crippen LogP contribution in [-0.2, 0) is 6.54 Å². The Morgan fingerprint density at radius 1 is 0.735 bits per heavy atom. The zero-order valence-electron chi connectivity index (χ0n) is 20.2. The number of benzene rings is 4. The Kier molecular flexibility index (Phi) is 10.2. The summed E-state index contributed by atoms with van der Waals surface area (Å²) in [6.45, 7) is 7.02. The maximum absolute atomic E-state index is 10.4. The quantitative estimate of drug-likeness (QED) is 0.248. The van der Waals surface area contributed by atoms with E-state index in [0.29, 0.717) is 0 Å². The molecule has 1 N–H and O–H groups in total. The highest BCUT2D eigenvalue weighted by atomic mass is 31.1. The Hall–Kier alpha value is -3.13. The largest absolute Gasteiger partial charge is 0.507 e. The van der Waals surface area contributed by atoms with E-state index in [4.69, 9.17) is 4.52 Å². The number of hydrogen-bond acceptors (Lipinski definition) is 3. The third kappa shape index (κ3) is 6.70. The van der Waals surface area contributed by atoms with Gasteiger partial charge in [0.1, 0.15) is 20.5 Å². The van der Waals surface area contributed by atoms with Crippen molar-refractivity contribution in [3.8, 4) is 22.6 Å². The molecule has 34 heavy (non-hydrogen) atoms. The number of nitrogens with zero attached hydrogens (tertiary/aromatic N) is 1. The maximum atomic E-state index is 10.4. The minimum absolute atomic E-state index is 0.129. The first-order valence-electron chi connectivity index (χ1n) is 11.9. The van der Waals surface area contributed by atoms with Crippen molar-refractivity contribution in [3.05, 3.63) is 120 Å². The molecule has 0 radical (unpaired) electrons. The predicted molar refractivity (Wildman–Crippen MR) is 145 cm³/mol. The number of hydrogen-bond donors (Lipinski definition) is 1. The molecule has 3 nitrogen and oxygen atoms in total. The van der Waals surface area contributed by atoms with Crippen LogP contribution in [0.15, 0.2) is 109 Å². The van der Waals surface area contributed by atoms with Gasteiger partial charge in [0.2, 0.25) is 0 Å². The standard InChI is InChI=1S/C28H28NO2P.C2H6/c1-2-26(23-15-7-4-8-16-23)29(21-22-13-5-3-6-14-22)32-31-28-20-12-10-18-25(28)24-17-9-11-19-27(24)30;1-2/h3-20,26,30,32H,2,21H2,1H3;1-2H3. The van der Waals surface area contributed by atoms with Crippen molar-refractivity contribution in [2.45, 2.75) is 39.8 Å². The van der Waals surface area contributed by atoms with E-state index in [1.54, 1.807) is 6.07 Å². The van der Waals surface area contributed by atoms with Gasteiger partial charge >= 0.3 is 0 Å². The molecule has 0 spiro atoms. The van der Waals surface area contributed by atoms with Crippen molar-refractivity contribution in [3.63, 3.8) is 0 Å². The van der Waals surface area contributed by atoms with Crippen LogP contribution in [0.4, 0.5) is 0 Å². The number of para-hydroxylation sites is 2. The summed E-state index contributed by atoms with van der Waals surface area (Å²) in [6.07, 6.45) is 0.980. The molecule has 0 bridgehead atoms. The summed E-state index contributed by atoms with van der Waals surface area (Å²) in [4.78, 5) is 0. The molecule has 0 aliphatic carbocycles. The van der Waals surface area contributed by atoms with E-state index in [2.05, 4.69) is 66.2 Å². The van der Waals surface area contributed by atoms with E-state index in [0.717, 1.165) is 29.8 Å². The van der Waals surface area contributed by atoms with Crippen LogP contribution in [0.1, 0.15) is 44.4 Å². The third-order valence-corrected chi connectivity index (χ3v) is 6.51. The number of aromatic hydroxyl groups is 1. The fourth-order valence-corrected chi connectivity index (χ4v) is 4.98. The fraction of sp³-hybridized carbons (Fsp3) is 0.200. The second kappa shape index (κ2) is 13.5. The van der Waals surface area contributed by atoms with Crippen LogP contribution in [0.5, 0.6) is 11.5 Å². The van der Waals surface area contributed by atoms with Crippen molar-refractivity contribution in [1.29, 1.82) is 0 Å². The van der Waals surface area contributed by atoms with Gasteiger partial charge in [0, 0.05) is 23.7 Å². The summed E-state index contributed by atoms with van der Waals surface area (Å²) in [5.41, 5.74) is 4.21. The lowest BCUT2D eigenvalue weighted by Gasteiger charge is -2.31. The van der Waals surface area contributed by atoms with Crippen molar-refractivity contribution in [2.24, 2.45) is 0 Å².